The second kappa shape index (κ2) is 5.77. The summed E-state index contributed by atoms with van der Waals surface area (Å²) in [7, 11) is 1.33. The molecule has 1 aromatic rings. The van der Waals surface area contributed by atoms with E-state index in [4.69, 9.17) is 4.74 Å². The molecule has 1 saturated heterocycles. The van der Waals surface area contributed by atoms with Crippen LogP contribution in [0.4, 0.5) is 0 Å². The van der Waals surface area contributed by atoms with E-state index in [1.807, 2.05) is 44.2 Å². The molecule has 0 radical (unpaired) electrons. The smallest absolute Gasteiger partial charge is 0.333 e. The van der Waals surface area contributed by atoms with Crippen molar-refractivity contribution in [2.24, 2.45) is 4.99 Å². The average Bonchev–Trinajstić information content (AvgIpc) is 2.72. The minimum Gasteiger partial charge on any atom is -0.466 e. The van der Waals surface area contributed by atoms with Gasteiger partial charge in [0.15, 0.2) is 0 Å². The summed E-state index contributed by atoms with van der Waals surface area (Å²) in [6.45, 7) is 4.34. The Kier molecular flexibility index (Phi) is 4.08. The molecule has 1 aromatic carbocycles. The van der Waals surface area contributed by atoms with Crippen LogP contribution in [-0.4, -0.2) is 24.6 Å². The molecular weight excluding hydrogens is 256 g/mol. The third kappa shape index (κ3) is 3.38. The van der Waals surface area contributed by atoms with Gasteiger partial charge in [-0.2, -0.15) is 0 Å². The lowest BCUT2D eigenvalue weighted by Gasteiger charge is -2.15. The highest BCUT2D eigenvalue weighted by molar-refractivity contribution is 5.86. The number of methoxy groups -OCH3 is 1. The number of nitrogens with one attached hydrogen (secondary N) is 1. The number of carbonyl (C=O) groups excluding carboxylic acids is 1. The SMILES string of the molecule is COC(=O)/C=C1/OC(=NCc2ccccc2)NC1(C)C. The molecule has 0 atom stereocenters. The molecule has 0 aromatic heterocycles. The van der Waals surface area contributed by atoms with E-state index in [2.05, 4.69) is 15.0 Å². The van der Waals surface area contributed by atoms with Gasteiger partial charge in [-0.15, -0.1) is 0 Å². The van der Waals surface area contributed by atoms with Gasteiger partial charge >= 0.3 is 5.97 Å². The largest absolute Gasteiger partial charge is 0.466 e. The van der Waals surface area contributed by atoms with Gasteiger partial charge in [-0.3, -0.25) is 0 Å². The van der Waals surface area contributed by atoms with Crippen molar-refractivity contribution in [3.8, 4) is 0 Å². The topological polar surface area (TPSA) is 59.9 Å². The van der Waals surface area contributed by atoms with Gasteiger partial charge in [0, 0.05) is 0 Å². The quantitative estimate of drug-likeness (QED) is 0.676. The molecule has 1 fully saturated rings. The number of benzene rings is 1. The Labute approximate surface area is 118 Å². The molecule has 5 nitrogen and oxygen atoms in total. The first-order valence-electron chi connectivity index (χ1n) is 6.36. The van der Waals surface area contributed by atoms with Crippen LogP contribution >= 0.6 is 0 Å². The van der Waals surface area contributed by atoms with Crippen molar-refractivity contribution in [2.75, 3.05) is 7.11 Å². The number of carbonyl (C=O) groups is 1. The van der Waals surface area contributed by atoms with Crippen molar-refractivity contribution in [3.63, 3.8) is 0 Å². The summed E-state index contributed by atoms with van der Waals surface area (Å²) in [6.07, 6.45) is 1.33. The van der Waals surface area contributed by atoms with Gasteiger partial charge in [0.05, 0.1) is 25.3 Å². The molecule has 106 valence electrons. The number of aliphatic imine (C=N–C) groups is 1. The number of hydrogen-bond donors (Lipinski definition) is 1. The van der Waals surface area contributed by atoms with Crippen molar-refractivity contribution in [3.05, 3.63) is 47.7 Å². The van der Waals surface area contributed by atoms with E-state index in [1.165, 1.54) is 13.2 Å². The summed E-state index contributed by atoms with van der Waals surface area (Å²) in [5.74, 6) is 0.0512. The number of amidine groups is 1. The summed E-state index contributed by atoms with van der Waals surface area (Å²) < 4.78 is 10.2. The first kappa shape index (κ1) is 14.1. The first-order chi connectivity index (χ1) is 9.51. The van der Waals surface area contributed by atoms with Crippen molar-refractivity contribution in [1.82, 2.24) is 5.32 Å². The van der Waals surface area contributed by atoms with Gasteiger partial charge in [-0.25, -0.2) is 9.79 Å². The maximum absolute atomic E-state index is 11.3. The summed E-state index contributed by atoms with van der Waals surface area (Å²) in [6, 6.07) is 10.3. The van der Waals surface area contributed by atoms with E-state index in [0.29, 0.717) is 18.3 Å². The summed E-state index contributed by atoms with van der Waals surface area (Å²) in [5.41, 5.74) is 0.609. The minimum absolute atomic E-state index is 0.411. The van der Waals surface area contributed by atoms with Crippen LogP contribution in [0.3, 0.4) is 0 Å². The van der Waals surface area contributed by atoms with Crippen LogP contribution in [0.2, 0.25) is 0 Å². The minimum atomic E-state index is -0.482. The Bertz CT molecular complexity index is 547. The van der Waals surface area contributed by atoms with Crippen LogP contribution in [0.1, 0.15) is 19.4 Å². The van der Waals surface area contributed by atoms with Crippen LogP contribution in [0.15, 0.2) is 47.2 Å². The molecule has 2 rings (SSSR count). The average molecular weight is 274 g/mol. The van der Waals surface area contributed by atoms with Crippen LogP contribution in [0.5, 0.6) is 0 Å². The highest BCUT2D eigenvalue weighted by Crippen LogP contribution is 2.24. The lowest BCUT2D eigenvalue weighted by atomic mass is 10.0. The number of hydrogen-bond acceptors (Lipinski definition) is 4. The molecule has 5 heteroatoms. The Morgan fingerprint density at radius 3 is 2.75 bits per heavy atom. The normalized spacial score (nSPS) is 20.6. The van der Waals surface area contributed by atoms with Crippen molar-refractivity contribution in [2.45, 2.75) is 25.9 Å². The second-order valence-corrected chi connectivity index (χ2v) is 4.99. The molecule has 0 spiro atoms. The molecule has 0 amide bonds. The lowest BCUT2D eigenvalue weighted by molar-refractivity contribution is -0.135. The fourth-order valence-corrected chi connectivity index (χ4v) is 1.78. The molecule has 1 aliphatic heterocycles. The number of rotatable bonds is 3. The standard InChI is InChI=1S/C15H18N2O3/c1-15(2)12(9-13(18)19-3)20-14(17-15)16-10-11-7-5-4-6-8-11/h4-9H,10H2,1-3H3,(H,16,17)/b12-9+. The molecule has 0 unspecified atom stereocenters. The highest BCUT2D eigenvalue weighted by atomic mass is 16.5. The van der Waals surface area contributed by atoms with E-state index in [1.54, 1.807) is 0 Å². The predicted octanol–water partition coefficient (Wildman–Crippen LogP) is 2.00. The van der Waals surface area contributed by atoms with Gasteiger partial charge < -0.3 is 14.8 Å². The van der Waals surface area contributed by atoms with Crippen LogP contribution < -0.4 is 5.32 Å². The van der Waals surface area contributed by atoms with Gasteiger partial charge in [0.1, 0.15) is 5.76 Å². The van der Waals surface area contributed by atoms with E-state index < -0.39 is 11.5 Å². The van der Waals surface area contributed by atoms with Gasteiger partial charge in [0.25, 0.3) is 6.02 Å². The Morgan fingerprint density at radius 1 is 1.40 bits per heavy atom. The summed E-state index contributed by atoms with van der Waals surface area (Å²) in [5, 5.41) is 3.13. The molecule has 1 heterocycles. The lowest BCUT2D eigenvalue weighted by Crippen LogP contribution is -2.36. The molecule has 0 bridgehead atoms. The molecular formula is C15H18N2O3. The zero-order valence-corrected chi connectivity index (χ0v) is 11.8. The number of esters is 1. The maximum atomic E-state index is 11.3. The molecule has 1 N–H and O–H groups in total. The summed E-state index contributed by atoms with van der Waals surface area (Å²) >= 11 is 0. The van der Waals surface area contributed by atoms with Gasteiger partial charge in [-0.1, -0.05) is 30.3 Å². The zero-order chi connectivity index (χ0) is 14.6. The maximum Gasteiger partial charge on any atom is 0.333 e. The van der Waals surface area contributed by atoms with Crippen LogP contribution in [-0.2, 0) is 20.8 Å². The van der Waals surface area contributed by atoms with Crippen LogP contribution in [0, 0.1) is 0 Å². The monoisotopic (exact) mass is 274 g/mol. The van der Waals surface area contributed by atoms with E-state index in [-0.39, 0.29) is 0 Å². The van der Waals surface area contributed by atoms with E-state index in [9.17, 15) is 4.79 Å². The predicted molar refractivity (Wildman–Crippen MR) is 76.0 cm³/mol. The summed E-state index contributed by atoms with van der Waals surface area (Å²) in [4.78, 5) is 15.7. The van der Waals surface area contributed by atoms with Crippen LogP contribution in [0.25, 0.3) is 0 Å². The zero-order valence-electron chi connectivity index (χ0n) is 11.8. The number of nitrogens with zero attached hydrogens (tertiary/aromatic N) is 1. The van der Waals surface area contributed by atoms with E-state index in [0.717, 1.165) is 5.56 Å². The Balaban J connectivity index is 2.09. The fraction of sp³-hybridized carbons (Fsp3) is 0.333. The highest BCUT2D eigenvalue weighted by Gasteiger charge is 2.35. The fourth-order valence-electron chi connectivity index (χ4n) is 1.78. The molecule has 1 aliphatic rings. The molecule has 0 saturated carbocycles. The molecule has 0 aliphatic carbocycles. The molecule has 20 heavy (non-hydrogen) atoms. The van der Waals surface area contributed by atoms with E-state index >= 15 is 0 Å². The van der Waals surface area contributed by atoms with Crippen molar-refractivity contribution >= 4 is 12.0 Å². The Morgan fingerprint density at radius 2 is 2.10 bits per heavy atom. The van der Waals surface area contributed by atoms with Crippen molar-refractivity contribution in [1.29, 1.82) is 0 Å². The van der Waals surface area contributed by atoms with Gasteiger partial charge in [0.2, 0.25) is 0 Å². The number of ether oxygens (including phenoxy) is 2. The second-order valence-electron chi connectivity index (χ2n) is 4.99. The third-order valence-electron chi connectivity index (χ3n) is 2.94. The third-order valence-corrected chi connectivity index (χ3v) is 2.94. The van der Waals surface area contributed by atoms with Gasteiger partial charge in [-0.05, 0) is 19.4 Å². The Hall–Kier alpha value is -2.30. The first-order valence-corrected chi connectivity index (χ1v) is 6.36. The van der Waals surface area contributed by atoms with Crippen molar-refractivity contribution < 1.29 is 14.3 Å².